The highest BCUT2D eigenvalue weighted by atomic mass is 16.5. The first-order valence-electron chi connectivity index (χ1n) is 23.6. The molecule has 4 aliphatic rings. The lowest BCUT2D eigenvalue weighted by Gasteiger charge is -2.27. The number of benzene rings is 4. The monoisotopic (exact) mass is 952 g/mol. The van der Waals surface area contributed by atoms with E-state index < -0.39 is 0 Å². The number of hydrogen-bond donors (Lipinski definition) is 4. The van der Waals surface area contributed by atoms with Crippen molar-refractivity contribution in [3.8, 4) is 34.8 Å². The van der Waals surface area contributed by atoms with E-state index in [1.807, 2.05) is 109 Å². The fourth-order valence-corrected chi connectivity index (χ4v) is 7.79. The first kappa shape index (κ1) is 47.5. The average molecular weight is 953 g/mol. The van der Waals surface area contributed by atoms with Gasteiger partial charge in [0, 0.05) is 85.7 Å². The van der Waals surface area contributed by atoms with Crippen molar-refractivity contribution in [1.29, 1.82) is 0 Å². The maximum absolute atomic E-state index is 12.3. The van der Waals surface area contributed by atoms with Crippen LogP contribution in [0.5, 0.6) is 12.0 Å². The van der Waals surface area contributed by atoms with Gasteiger partial charge in [-0.1, -0.05) is 36.4 Å². The van der Waals surface area contributed by atoms with Crippen LogP contribution >= 0.6 is 0 Å². The van der Waals surface area contributed by atoms with E-state index in [0.717, 1.165) is 48.2 Å². The number of nitrogens with one attached hydrogen (secondary N) is 4. The number of anilines is 6. The molecular weight excluding hydrogens is 897 g/mol. The summed E-state index contributed by atoms with van der Waals surface area (Å²) in [5.74, 6) is 2.18. The number of amides is 4. The Bertz CT molecular complexity index is 2410. The number of hydrogen-bond acceptors (Lipinski definition) is 16. The van der Waals surface area contributed by atoms with Gasteiger partial charge >= 0.3 is 24.1 Å². The van der Waals surface area contributed by atoms with Crippen LogP contribution in [0.1, 0.15) is 25.7 Å². The molecule has 4 amide bonds. The van der Waals surface area contributed by atoms with Gasteiger partial charge in [-0.2, -0.15) is 29.9 Å². The highest BCUT2D eigenvalue weighted by molar-refractivity contribution is 6.00. The van der Waals surface area contributed by atoms with E-state index in [9.17, 15) is 9.59 Å². The van der Waals surface area contributed by atoms with Gasteiger partial charge in [-0.05, 0) is 72.8 Å². The summed E-state index contributed by atoms with van der Waals surface area (Å²) in [5, 5.41) is 11.3. The predicted octanol–water partition coefficient (Wildman–Crippen LogP) is 7.15. The van der Waals surface area contributed by atoms with Crippen LogP contribution in [0, 0.1) is 0 Å². The molecule has 364 valence electrons. The minimum atomic E-state index is -0.314. The Kier molecular flexibility index (Phi) is 16.4. The fourth-order valence-electron chi connectivity index (χ4n) is 7.79. The van der Waals surface area contributed by atoms with Crippen molar-refractivity contribution in [1.82, 2.24) is 29.9 Å². The Balaban J connectivity index is 0.000000174. The van der Waals surface area contributed by atoms with Gasteiger partial charge < -0.3 is 59.5 Å². The van der Waals surface area contributed by atoms with Crippen LogP contribution in [0.2, 0.25) is 0 Å². The van der Waals surface area contributed by atoms with Gasteiger partial charge in [0.25, 0.3) is 0 Å². The van der Waals surface area contributed by atoms with Crippen molar-refractivity contribution in [2.45, 2.75) is 37.9 Å². The van der Waals surface area contributed by atoms with Crippen molar-refractivity contribution in [3.05, 3.63) is 109 Å². The number of carbonyl (C=O) groups is 2. The Morgan fingerprint density at radius 1 is 0.414 bits per heavy atom. The standard InChI is InChI=1S/2C25H28N6O4/c2*32-24(26-19-4-2-1-3-5-19)27-20-8-6-18(7-9-20)22-28-23(31-12-16-34-17-13-31)30-25(29-22)35-21-10-14-33-15-11-21/h2*1-9,21H,10-17H2,(H2,26,27,32). The van der Waals surface area contributed by atoms with Gasteiger partial charge in [0.15, 0.2) is 11.6 Å². The van der Waals surface area contributed by atoms with E-state index in [-0.39, 0.29) is 24.3 Å². The Morgan fingerprint density at radius 3 is 1.10 bits per heavy atom. The van der Waals surface area contributed by atoms with Crippen molar-refractivity contribution >= 4 is 46.7 Å². The largest absolute Gasteiger partial charge is 0.460 e. The molecule has 10 rings (SSSR count). The third-order valence-corrected chi connectivity index (χ3v) is 11.5. The molecule has 0 bridgehead atoms. The second-order valence-electron chi connectivity index (χ2n) is 16.6. The van der Waals surface area contributed by atoms with E-state index in [2.05, 4.69) is 51.0 Å². The summed E-state index contributed by atoms with van der Waals surface area (Å²) in [6, 6.07) is 33.3. The maximum atomic E-state index is 12.3. The number of aromatic nitrogens is 6. The van der Waals surface area contributed by atoms with Gasteiger partial charge in [-0.15, -0.1) is 0 Å². The number of morpholine rings is 2. The number of ether oxygens (including phenoxy) is 6. The van der Waals surface area contributed by atoms with Crippen molar-refractivity contribution in [2.75, 3.05) is 110 Å². The summed E-state index contributed by atoms with van der Waals surface area (Å²) in [5.41, 5.74) is 4.35. The number of para-hydroxylation sites is 2. The molecule has 4 N–H and O–H groups in total. The Labute approximate surface area is 405 Å². The maximum Gasteiger partial charge on any atom is 0.323 e. The molecular formula is C50H56N12O8. The van der Waals surface area contributed by atoms with Gasteiger partial charge in [0.2, 0.25) is 11.9 Å². The van der Waals surface area contributed by atoms with Crippen molar-refractivity contribution in [3.63, 3.8) is 0 Å². The Hall–Kier alpha value is -7.52. The first-order valence-corrected chi connectivity index (χ1v) is 23.6. The molecule has 0 atom stereocenters. The average Bonchev–Trinajstić information content (AvgIpc) is 3.41. The topological polar surface area (TPSA) is 221 Å². The van der Waals surface area contributed by atoms with E-state index in [1.54, 1.807) is 0 Å². The molecule has 0 unspecified atom stereocenters. The molecule has 4 aliphatic heterocycles. The molecule has 0 aliphatic carbocycles. The van der Waals surface area contributed by atoms with Crippen LogP contribution in [0.15, 0.2) is 109 Å². The van der Waals surface area contributed by atoms with E-state index >= 15 is 0 Å². The molecule has 0 spiro atoms. The predicted molar refractivity (Wildman–Crippen MR) is 264 cm³/mol. The molecule has 4 fully saturated rings. The van der Waals surface area contributed by atoms with Gasteiger partial charge in [0.1, 0.15) is 12.2 Å². The summed E-state index contributed by atoms with van der Waals surface area (Å²) in [6.45, 7) is 8.03. The Morgan fingerprint density at radius 2 is 0.743 bits per heavy atom. The molecule has 2 aromatic heterocycles. The first-order chi connectivity index (χ1) is 34.5. The minimum Gasteiger partial charge on any atom is -0.460 e. The van der Waals surface area contributed by atoms with Crippen LogP contribution in [-0.4, -0.2) is 133 Å². The van der Waals surface area contributed by atoms with Crippen molar-refractivity contribution < 1.29 is 38.0 Å². The molecule has 20 nitrogen and oxygen atoms in total. The number of urea groups is 2. The molecule has 0 radical (unpaired) electrons. The zero-order valence-electron chi connectivity index (χ0n) is 38.7. The van der Waals surface area contributed by atoms with E-state index in [0.29, 0.717) is 126 Å². The summed E-state index contributed by atoms with van der Waals surface area (Å²) >= 11 is 0. The third-order valence-electron chi connectivity index (χ3n) is 11.5. The molecule has 4 saturated heterocycles. The van der Waals surface area contributed by atoms with Gasteiger partial charge in [0.05, 0.1) is 52.9 Å². The molecule has 4 aromatic carbocycles. The van der Waals surface area contributed by atoms with E-state index in [4.69, 9.17) is 38.4 Å². The lowest BCUT2D eigenvalue weighted by atomic mass is 10.2. The van der Waals surface area contributed by atoms with Crippen LogP contribution in [-0.2, 0) is 18.9 Å². The highest BCUT2D eigenvalue weighted by Gasteiger charge is 2.24. The second kappa shape index (κ2) is 24.2. The quantitative estimate of drug-likeness (QED) is 0.0956. The zero-order chi connectivity index (χ0) is 47.7. The van der Waals surface area contributed by atoms with Gasteiger partial charge in [-0.3, -0.25) is 0 Å². The summed E-state index contributed by atoms with van der Waals surface area (Å²) in [4.78, 5) is 56.5. The summed E-state index contributed by atoms with van der Waals surface area (Å²) < 4.78 is 34.0. The molecule has 20 heteroatoms. The van der Waals surface area contributed by atoms with Crippen LogP contribution in [0.25, 0.3) is 22.8 Å². The highest BCUT2D eigenvalue weighted by Crippen LogP contribution is 2.27. The van der Waals surface area contributed by atoms with Crippen LogP contribution in [0.3, 0.4) is 0 Å². The summed E-state index contributed by atoms with van der Waals surface area (Å²) in [6.07, 6.45) is 3.26. The van der Waals surface area contributed by atoms with Crippen LogP contribution in [0.4, 0.5) is 44.2 Å². The zero-order valence-corrected chi connectivity index (χ0v) is 38.7. The number of nitrogens with zero attached hydrogens (tertiary/aromatic N) is 8. The normalized spacial score (nSPS) is 16.5. The van der Waals surface area contributed by atoms with Crippen LogP contribution < -0.4 is 40.5 Å². The fraction of sp³-hybridized carbons (Fsp3) is 0.360. The molecule has 70 heavy (non-hydrogen) atoms. The lowest BCUT2D eigenvalue weighted by molar-refractivity contribution is 0.0214. The third kappa shape index (κ3) is 13.8. The van der Waals surface area contributed by atoms with Gasteiger partial charge in [-0.25, -0.2) is 9.59 Å². The molecule has 0 saturated carbocycles. The number of rotatable bonds is 12. The molecule has 6 heterocycles. The lowest BCUT2D eigenvalue weighted by Crippen LogP contribution is -2.37. The molecule has 6 aromatic rings. The summed E-state index contributed by atoms with van der Waals surface area (Å²) in [7, 11) is 0. The van der Waals surface area contributed by atoms with E-state index in [1.165, 1.54) is 0 Å². The minimum absolute atomic E-state index is 0.0197. The smallest absolute Gasteiger partial charge is 0.323 e. The SMILES string of the molecule is O=C(Nc1ccccc1)Nc1ccc(-c2nc(OC3CCOCC3)nc(N3CCOCC3)n2)cc1.O=C(Nc1ccccc1)Nc1ccc(-c2nc(OC3CCOCC3)nc(N3CCOCC3)n2)cc1. The van der Waals surface area contributed by atoms with Crippen molar-refractivity contribution in [2.24, 2.45) is 0 Å². The second-order valence-corrected chi connectivity index (χ2v) is 16.6. The number of carbonyl (C=O) groups excluding carboxylic acids is 2.